The van der Waals surface area contributed by atoms with Crippen LogP contribution in [0.2, 0.25) is 0 Å². The molecule has 0 fully saturated rings. The van der Waals surface area contributed by atoms with Crippen LogP contribution in [0.1, 0.15) is 5.56 Å². The zero-order valence-corrected chi connectivity index (χ0v) is 15.7. The molecular weight excluding hydrogens is 374 g/mol. The number of ether oxygens (including phenoxy) is 4. The fraction of sp³-hybridized carbons (Fsp3) is 0.333. The number of hydrogen-bond acceptors (Lipinski definition) is 5. The second kappa shape index (κ2) is 9.39. The lowest BCUT2D eigenvalue weighted by molar-refractivity contribution is 0.312. The number of halogens is 1. The van der Waals surface area contributed by atoms with E-state index in [1.807, 2.05) is 36.4 Å². The van der Waals surface area contributed by atoms with Crippen molar-refractivity contribution in [1.29, 1.82) is 0 Å². The monoisotopic (exact) mass is 395 g/mol. The first-order valence-corrected chi connectivity index (χ1v) is 8.35. The molecule has 0 heterocycles. The summed E-state index contributed by atoms with van der Waals surface area (Å²) in [4.78, 5) is 0. The van der Waals surface area contributed by atoms with Gasteiger partial charge in [-0.1, -0.05) is 22.0 Å². The largest absolute Gasteiger partial charge is 0.493 e. The van der Waals surface area contributed by atoms with Crippen molar-refractivity contribution in [3.8, 4) is 23.0 Å². The third-order valence-corrected chi connectivity index (χ3v) is 3.89. The summed E-state index contributed by atoms with van der Waals surface area (Å²) in [5.74, 6) is 2.75. The summed E-state index contributed by atoms with van der Waals surface area (Å²) in [7, 11) is 4.82. The molecular formula is C18H22BrNO4. The van der Waals surface area contributed by atoms with E-state index in [-0.39, 0.29) is 0 Å². The lowest BCUT2D eigenvalue weighted by Crippen LogP contribution is -2.20. The van der Waals surface area contributed by atoms with Gasteiger partial charge in [0.25, 0.3) is 0 Å². The highest BCUT2D eigenvalue weighted by Gasteiger charge is 2.12. The Morgan fingerprint density at radius 2 is 1.67 bits per heavy atom. The van der Waals surface area contributed by atoms with Gasteiger partial charge in [-0.2, -0.15) is 0 Å². The highest BCUT2D eigenvalue weighted by molar-refractivity contribution is 9.10. The van der Waals surface area contributed by atoms with Crippen LogP contribution in [-0.4, -0.2) is 34.5 Å². The fourth-order valence-corrected chi connectivity index (χ4v) is 2.65. The van der Waals surface area contributed by atoms with E-state index in [1.165, 1.54) is 0 Å². The van der Waals surface area contributed by atoms with Crippen LogP contribution in [0.5, 0.6) is 23.0 Å². The smallest absolute Gasteiger partial charge is 0.203 e. The van der Waals surface area contributed by atoms with Crippen molar-refractivity contribution >= 4 is 15.9 Å². The summed E-state index contributed by atoms with van der Waals surface area (Å²) in [6, 6.07) is 11.7. The average Bonchev–Trinajstić information content (AvgIpc) is 2.60. The summed E-state index contributed by atoms with van der Waals surface area (Å²) < 4.78 is 22.7. The number of rotatable bonds is 9. The van der Waals surface area contributed by atoms with Crippen LogP contribution >= 0.6 is 15.9 Å². The number of methoxy groups -OCH3 is 3. The highest BCUT2D eigenvalue weighted by atomic mass is 79.9. The second-order valence-electron chi connectivity index (χ2n) is 5.02. The molecule has 0 atom stereocenters. The predicted molar refractivity (Wildman–Crippen MR) is 97.4 cm³/mol. The Bertz CT molecular complexity index is 638. The lowest BCUT2D eigenvalue weighted by Gasteiger charge is -2.14. The van der Waals surface area contributed by atoms with Gasteiger partial charge in [-0.25, -0.2) is 0 Å². The molecule has 0 aliphatic rings. The fourth-order valence-electron chi connectivity index (χ4n) is 2.27. The van der Waals surface area contributed by atoms with E-state index in [9.17, 15) is 0 Å². The van der Waals surface area contributed by atoms with Crippen LogP contribution in [0, 0.1) is 0 Å². The van der Waals surface area contributed by atoms with Gasteiger partial charge in [0.15, 0.2) is 11.5 Å². The Morgan fingerprint density at radius 1 is 0.958 bits per heavy atom. The minimum Gasteiger partial charge on any atom is -0.493 e. The van der Waals surface area contributed by atoms with Gasteiger partial charge in [-0.3, -0.25) is 0 Å². The molecule has 0 aliphatic heterocycles. The Balaban J connectivity index is 1.85. The van der Waals surface area contributed by atoms with Gasteiger partial charge in [0.05, 0.1) is 21.3 Å². The number of nitrogens with one attached hydrogen (secondary N) is 1. The van der Waals surface area contributed by atoms with Crippen molar-refractivity contribution in [2.45, 2.75) is 6.54 Å². The minimum absolute atomic E-state index is 0.584. The molecule has 6 heteroatoms. The molecule has 0 spiro atoms. The van der Waals surface area contributed by atoms with Crippen molar-refractivity contribution in [3.63, 3.8) is 0 Å². The summed E-state index contributed by atoms with van der Waals surface area (Å²) in [6.07, 6.45) is 0. The van der Waals surface area contributed by atoms with E-state index in [0.717, 1.165) is 22.3 Å². The Labute approximate surface area is 151 Å². The summed E-state index contributed by atoms with van der Waals surface area (Å²) >= 11 is 3.42. The van der Waals surface area contributed by atoms with Gasteiger partial charge < -0.3 is 24.3 Å². The first-order valence-electron chi connectivity index (χ1n) is 7.56. The SMILES string of the molecule is COc1cc(CNCCOc2cccc(Br)c2)cc(OC)c1OC. The molecule has 0 unspecified atom stereocenters. The number of hydrogen-bond donors (Lipinski definition) is 1. The zero-order chi connectivity index (χ0) is 17.4. The Morgan fingerprint density at radius 3 is 2.25 bits per heavy atom. The predicted octanol–water partition coefficient (Wildman–Crippen LogP) is 3.64. The van der Waals surface area contributed by atoms with Gasteiger partial charge >= 0.3 is 0 Å². The third kappa shape index (κ3) is 5.04. The third-order valence-electron chi connectivity index (χ3n) is 3.40. The van der Waals surface area contributed by atoms with E-state index in [0.29, 0.717) is 30.4 Å². The van der Waals surface area contributed by atoms with Gasteiger partial charge in [-0.05, 0) is 35.9 Å². The summed E-state index contributed by atoms with van der Waals surface area (Å²) in [5.41, 5.74) is 1.05. The van der Waals surface area contributed by atoms with Crippen molar-refractivity contribution in [2.24, 2.45) is 0 Å². The normalized spacial score (nSPS) is 10.3. The van der Waals surface area contributed by atoms with Gasteiger partial charge in [-0.15, -0.1) is 0 Å². The van der Waals surface area contributed by atoms with Gasteiger partial charge in [0.1, 0.15) is 12.4 Å². The molecule has 2 aromatic carbocycles. The van der Waals surface area contributed by atoms with Gasteiger partial charge in [0, 0.05) is 17.6 Å². The maximum absolute atomic E-state index is 5.69. The minimum atomic E-state index is 0.584. The van der Waals surface area contributed by atoms with Crippen LogP contribution < -0.4 is 24.3 Å². The quantitative estimate of drug-likeness (QED) is 0.656. The summed E-state index contributed by atoms with van der Waals surface area (Å²) in [5, 5.41) is 3.34. The average molecular weight is 396 g/mol. The standard InChI is InChI=1S/C18H22BrNO4/c1-21-16-9-13(10-17(22-2)18(16)23-3)12-20-7-8-24-15-6-4-5-14(19)11-15/h4-6,9-11,20H,7-8,12H2,1-3H3. The van der Waals surface area contributed by atoms with Crippen LogP contribution in [-0.2, 0) is 6.54 Å². The first-order chi connectivity index (χ1) is 11.7. The van der Waals surface area contributed by atoms with Gasteiger partial charge in [0.2, 0.25) is 5.75 Å². The van der Waals surface area contributed by atoms with Crippen LogP contribution in [0.3, 0.4) is 0 Å². The van der Waals surface area contributed by atoms with E-state index in [2.05, 4.69) is 21.2 Å². The first kappa shape index (κ1) is 18.4. The van der Waals surface area contributed by atoms with Crippen molar-refractivity contribution in [2.75, 3.05) is 34.5 Å². The molecule has 0 radical (unpaired) electrons. The Hall–Kier alpha value is -1.92. The molecule has 1 N–H and O–H groups in total. The molecule has 0 aliphatic carbocycles. The molecule has 2 aromatic rings. The van der Waals surface area contributed by atoms with E-state index in [1.54, 1.807) is 21.3 Å². The molecule has 0 saturated carbocycles. The second-order valence-corrected chi connectivity index (χ2v) is 5.93. The van der Waals surface area contributed by atoms with Crippen LogP contribution in [0.15, 0.2) is 40.9 Å². The van der Waals surface area contributed by atoms with Crippen LogP contribution in [0.25, 0.3) is 0 Å². The molecule has 0 bridgehead atoms. The Kier molecular flexibility index (Phi) is 7.21. The highest BCUT2D eigenvalue weighted by Crippen LogP contribution is 2.38. The molecule has 5 nitrogen and oxygen atoms in total. The van der Waals surface area contributed by atoms with E-state index < -0.39 is 0 Å². The molecule has 130 valence electrons. The van der Waals surface area contributed by atoms with E-state index in [4.69, 9.17) is 18.9 Å². The topological polar surface area (TPSA) is 49.0 Å². The van der Waals surface area contributed by atoms with Crippen molar-refractivity contribution in [3.05, 3.63) is 46.4 Å². The maximum Gasteiger partial charge on any atom is 0.203 e. The summed E-state index contributed by atoms with van der Waals surface area (Å²) in [6.45, 7) is 1.99. The maximum atomic E-state index is 5.69. The number of benzene rings is 2. The lowest BCUT2D eigenvalue weighted by atomic mass is 10.2. The zero-order valence-electron chi connectivity index (χ0n) is 14.1. The molecule has 0 amide bonds. The molecule has 24 heavy (non-hydrogen) atoms. The van der Waals surface area contributed by atoms with Crippen molar-refractivity contribution < 1.29 is 18.9 Å². The molecule has 0 aromatic heterocycles. The van der Waals surface area contributed by atoms with E-state index >= 15 is 0 Å². The molecule has 2 rings (SSSR count). The van der Waals surface area contributed by atoms with Crippen LogP contribution in [0.4, 0.5) is 0 Å². The molecule has 0 saturated heterocycles. The van der Waals surface area contributed by atoms with Crippen molar-refractivity contribution in [1.82, 2.24) is 5.32 Å².